The van der Waals surface area contributed by atoms with Gasteiger partial charge in [0.15, 0.2) is 0 Å². The van der Waals surface area contributed by atoms with Gasteiger partial charge in [-0.2, -0.15) is 0 Å². The van der Waals surface area contributed by atoms with E-state index in [-0.39, 0.29) is 17.4 Å². The zero-order valence-electron chi connectivity index (χ0n) is 16.1. The second-order valence-electron chi connectivity index (χ2n) is 7.87. The molecule has 1 heterocycles. The quantitative estimate of drug-likeness (QED) is 0.777. The Morgan fingerprint density at radius 1 is 0.964 bits per heavy atom. The Bertz CT molecular complexity index is 846. The predicted octanol–water partition coefficient (Wildman–Crippen LogP) is 3.34. The van der Waals surface area contributed by atoms with E-state index in [4.69, 9.17) is 0 Å². The number of amides is 3. The smallest absolute Gasteiger partial charge is 0.315 e. The van der Waals surface area contributed by atoms with Gasteiger partial charge in [0.25, 0.3) is 0 Å². The Labute approximate surface area is 166 Å². The molecule has 2 aliphatic rings. The molecule has 0 atom stereocenters. The van der Waals surface area contributed by atoms with E-state index in [1.54, 1.807) is 0 Å². The summed E-state index contributed by atoms with van der Waals surface area (Å²) in [6.45, 7) is 2.56. The van der Waals surface area contributed by atoms with E-state index in [2.05, 4.69) is 34.9 Å². The molecular formula is C23H27N3O2. The van der Waals surface area contributed by atoms with Crippen molar-refractivity contribution in [2.24, 2.45) is 0 Å². The number of nitrogens with zero attached hydrogens (tertiary/aromatic N) is 1. The topological polar surface area (TPSA) is 61.4 Å². The predicted molar refractivity (Wildman–Crippen MR) is 109 cm³/mol. The average Bonchev–Trinajstić information content (AvgIpc) is 3.43. The molecule has 0 radical (unpaired) electrons. The molecule has 0 spiro atoms. The molecule has 28 heavy (non-hydrogen) atoms. The Kier molecular flexibility index (Phi) is 5.33. The van der Waals surface area contributed by atoms with Crippen molar-refractivity contribution in [2.75, 3.05) is 13.1 Å². The Morgan fingerprint density at radius 3 is 2.36 bits per heavy atom. The standard InChI is InChI=1S/C23H27N3O2/c27-21-11-6-14-26(21)16-19-8-5-4-7-18(19)15-24-22(28)25-17-23(12-13-23)20-9-2-1-3-10-20/h1-5,7-10H,6,11-17H2,(H2,24,25,28). The van der Waals surface area contributed by atoms with Gasteiger partial charge < -0.3 is 15.5 Å². The number of carbonyl (C=O) groups is 2. The van der Waals surface area contributed by atoms with E-state index < -0.39 is 0 Å². The number of hydrogen-bond acceptors (Lipinski definition) is 2. The van der Waals surface area contributed by atoms with Crippen molar-refractivity contribution in [3.8, 4) is 0 Å². The number of benzene rings is 2. The highest BCUT2D eigenvalue weighted by molar-refractivity contribution is 5.78. The van der Waals surface area contributed by atoms with Gasteiger partial charge in [0, 0.05) is 38.0 Å². The van der Waals surface area contributed by atoms with Gasteiger partial charge in [0.05, 0.1) is 0 Å². The first kappa shape index (κ1) is 18.5. The number of carbonyl (C=O) groups excluding carboxylic acids is 2. The van der Waals surface area contributed by atoms with Crippen LogP contribution < -0.4 is 10.6 Å². The molecule has 0 unspecified atom stereocenters. The largest absolute Gasteiger partial charge is 0.338 e. The maximum absolute atomic E-state index is 12.3. The third-order valence-corrected chi connectivity index (χ3v) is 5.92. The normalized spacial score (nSPS) is 17.4. The summed E-state index contributed by atoms with van der Waals surface area (Å²) in [7, 11) is 0. The first-order chi connectivity index (χ1) is 13.7. The lowest BCUT2D eigenvalue weighted by Gasteiger charge is -2.19. The maximum Gasteiger partial charge on any atom is 0.315 e. The third kappa shape index (κ3) is 4.19. The Hall–Kier alpha value is -2.82. The average molecular weight is 377 g/mol. The lowest BCUT2D eigenvalue weighted by atomic mass is 9.96. The van der Waals surface area contributed by atoms with E-state index in [0.717, 1.165) is 36.9 Å². The van der Waals surface area contributed by atoms with Crippen LogP contribution in [0, 0.1) is 0 Å². The fourth-order valence-electron chi connectivity index (χ4n) is 3.96. The van der Waals surface area contributed by atoms with Crippen molar-refractivity contribution >= 4 is 11.9 Å². The molecule has 4 rings (SSSR count). The van der Waals surface area contributed by atoms with Gasteiger partial charge in [-0.3, -0.25) is 4.79 Å². The van der Waals surface area contributed by atoms with Crippen molar-refractivity contribution in [2.45, 2.75) is 44.2 Å². The number of rotatable bonds is 7. The second-order valence-corrected chi connectivity index (χ2v) is 7.87. The van der Waals surface area contributed by atoms with Crippen LogP contribution in [0.4, 0.5) is 4.79 Å². The number of nitrogens with one attached hydrogen (secondary N) is 2. The van der Waals surface area contributed by atoms with Crippen molar-refractivity contribution < 1.29 is 9.59 Å². The van der Waals surface area contributed by atoms with Gasteiger partial charge in [-0.25, -0.2) is 4.79 Å². The van der Waals surface area contributed by atoms with Gasteiger partial charge in [0.2, 0.25) is 5.91 Å². The molecule has 2 aromatic carbocycles. The summed E-state index contributed by atoms with van der Waals surface area (Å²) in [6.07, 6.45) is 3.81. The summed E-state index contributed by atoms with van der Waals surface area (Å²) in [4.78, 5) is 26.1. The van der Waals surface area contributed by atoms with Gasteiger partial charge in [-0.1, -0.05) is 54.6 Å². The van der Waals surface area contributed by atoms with Gasteiger partial charge in [-0.15, -0.1) is 0 Å². The van der Waals surface area contributed by atoms with Crippen LogP contribution in [0.15, 0.2) is 54.6 Å². The second kappa shape index (κ2) is 8.05. The molecule has 3 amide bonds. The van der Waals surface area contributed by atoms with Crippen molar-refractivity contribution in [1.29, 1.82) is 0 Å². The Balaban J connectivity index is 1.30. The van der Waals surface area contributed by atoms with Crippen molar-refractivity contribution in [1.82, 2.24) is 15.5 Å². The summed E-state index contributed by atoms with van der Waals surface area (Å²) >= 11 is 0. The summed E-state index contributed by atoms with van der Waals surface area (Å²) < 4.78 is 0. The molecule has 146 valence electrons. The summed E-state index contributed by atoms with van der Waals surface area (Å²) in [5.41, 5.74) is 3.56. The molecule has 1 saturated heterocycles. The van der Waals surface area contributed by atoms with Crippen LogP contribution in [0.1, 0.15) is 42.4 Å². The molecule has 1 aliphatic carbocycles. The number of likely N-dealkylation sites (tertiary alicyclic amines) is 1. The van der Waals surface area contributed by atoms with Gasteiger partial charge in [-0.05, 0) is 36.0 Å². The lowest BCUT2D eigenvalue weighted by Crippen LogP contribution is -2.39. The number of urea groups is 1. The van der Waals surface area contributed by atoms with Gasteiger partial charge in [0.1, 0.15) is 0 Å². The van der Waals surface area contributed by atoms with E-state index in [1.807, 2.05) is 35.2 Å². The molecule has 2 fully saturated rings. The minimum absolute atomic E-state index is 0.104. The van der Waals surface area contributed by atoms with Crippen molar-refractivity contribution in [3.63, 3.8) is 0 Å². The first-order valence-corrected chi connectivity index (χ1v) is 10.1. The minimum Gasteiger partial charge on any atom is -0.338 e. The highest BCUT2D eigenvalue weighted by Gasteiger charge is 2.44. The summed E-state index contributed by atoms with van der Waals surface area (Å²) in [6, 6.07) is 18.3. The van der Waals surface area contributed by atoms with E-state index in [1.165, 1.54) is 5.56 Å². The molecule has 1 saturated carbocycles. The van der Waals surface area contributed by atoms with E-state index in [9.17, 15) is 9.59 Å². The van der Waals surface area contributed by atoms with Crippen LogP contribution in [0.25, 0.3) is 0 Å². The fourth-order valence-corrected chi connectivity index (χ4v) is 3.96. The fraction of sp³-hybridized carbons (Fsp3) is 0.391. The van der Waals surface area contributed by atoms with Crippen LogP contribution in [0.2, 0.25) is 0 Å². The minimum atomic E-state index is -0.144. The van der Waals surface area contributed by atoms with Crippen LogP contribution in [0.3, 0.4) is 0 Å². The molecule has 0 bridgehead atoms. The molecule has 2 aromatic rings. The summed E-state index contributed by atoms with van der Waals surface area (Å²) in [5.74, 6) is 0.219. The SMILES string of the molecule is O=C(NCc1ccccc1CN1CCCC1=O)NCC1(c2ccccc2)CC1. The lowest BCUT2D eigenvalue weighted by molar-refractivity contribution is -0.128. The highest BCUT2D eigenvalue weighted by atomic mass is 16.2. The van der Waals surface area contributed by atoms with Gasteiger partial charge >= 0.3 is 6.03 Å². The zero-order valence-corrected chi connectivity index (χ0v) is 16.1. The van der Waals surface area contributed by atoms with E-state index >= 15 is 0 Å². The van der Waals surface area contributed by atoms with Crippen molar-refractivity contribution in [3.05, 3.63) is 71.3 Å². The Morgan fingerprint density at radius 2 is 1.68 bits per heavy atom. The van der Waals surface area contributed by atoms with Crippen LogP contribution >= 0.6 is 0 Å². The molecular weight excluding hydrogens is 350 g/mol. The van der Waals surface area contributed by atoms with Crippen LogP contribution in [-0.4, -0.2) is 29.9 Å². The molecule has 0 aromatic heterocycles. The maximum atomic E-state index is 12.3. The highest BCUT2D eigenvalue weighted by Crippen LogP contribution is 2.47. The molecule has 5 nitrogen and oxygen atoms in total. The first-order valence-electron chi connectivity index (χ1n) is 10.1. The van der Waals surface area contributed by atoms with E-state index in [0.29, 0.717) is 26.1 Å². The zero-order chi connectivity index (χ0) is 19.4. The molecule has 1 aliphatic heterocycles. The molecule has 5 heteroatoms. The van der Waals surface area contributed by atoms with Crippen LogP contribution in [-0.2, 0) is 23.3 Å². The monoisotopic (exact) mass is 377 g/mol. The molecule has 2 N–H and O–H groups in total. The number of hydrogen-bond donors (Lipinski definition) is 2. The third-order valence-electron chi connectivity index (χ3n) is 5.92. The van der Waals surface area contributed by atoms with Crippen LogP contribution in [0.5, 0.6) is 0 Å². The summed E-state index contributed by atoms with van der Waals surface area (Å²) in [5, 5.41) is 6.01.